The third-order valence-corrected chi connectivity index (χ3v) is 13.5. The molecule has 0 amide bonds. The van der Waals surface area contributed by atoms with Gasteiger partial charge in [-0.2, -0.15) is 0 Å². The van der Waals surface area contributed by atoms with Crippen LogP contribution in [0.15, 0.2) is 206 Å². The van der Waals surface area contributed by atoms with Crippen LogP contribution in [0.5, 0.6) is 0 Å². The lowest BCUT2D eigenvalue weighted by Gasteiger charge is -2.22. The quantitative estimate of drug-likeness (QED) is 0.119. The molecule has 0 bridgehead atoms. The number of benzene rings is 10. The van der Waals surface area contributed by atoms with Crippen molar-refractivity contribution in [3.8, 4) is 67.5 Å². The second-order valence-electron chi connectivity index (χ2n) is 16.2. The Kier molecular flexibility index (Phi) is 9.18. The highest BCUT2D eigenvalue weighted by Gasteiger charge is 2.23. The fraction of sp³-hybridized carbons (Fsp3) is 0.0351. The van der Waals surface area contributed by atoms with Gasteiger partial charge >= 0.3 is 0 Å². The summed E-state index contributed by atoms with van der Waals surface area (Å²) in [5.41, 5.74) is 9.65. The van der Waals surface area contributed by atoms with E-state index in [9.17, 15) is 4.57 Å². The van der Waals surface area contributed by atoms with Crippen LogP contribution in [0.1, 0.15) is 0 Å². The Morgan fingerprint density at radius 2 is 0.581 bits per heavy atom. The molecule has 0 saturated heterocycles. The van der Waals surface area contributed by atoms with Crippen LogP contribution in [0.3, 0.4) is 0 Å². The zero-order valence-corrected chi connectivity index (χ0v) is 35.2. The summed E-state index contributed by atoms with van der Waals surface area (Å²) in [6, 6.07) is 72.4. The highest BCUT2D eigenvalue weighted by atomic mass is 31.2. The number of nitrogens with zero attached hydrogens (tertiary/aromatic N) is 3. The summed E-state index contributed by atoms with van der Waals surface area (Å²) < 4.78 is 13.4. The van der Waals surface area contributed by atoms with Gasteiger partial charge in [-0.05, 0) is 102 Å². The summed E-state index contributed by atoms with van der Waals surface area (Å²) in [4.78, 5) is 15.1. The monoisotopic (exact) mass is 813 g/mol. The van der Waals surface area contributed by atoms with Gasteiger partial charge in [0, 0.05) is 22.0 Å². The first-order chi connectivity index (χ1) is 30.4. The number of hydrogen-bond donors (Lipinski definition) is 0. The third kappa shape index (κ3) is 6.48. The van der Waals surface area contributed by atoms with Gasteiger partial charge in [0.15, 0.2) is 17.5 Å². The smallest absolute Gasteiger partial charge is 0.164 e. The van der Waals surface area contributed by atoms with E-state index in [1.807, 2.05) is 86.1 Å². The van der Waals surface area contributed by atoms with E-state index >= 15 is 0 Å². The Bertz CT molecular complexity index is 3410. The fourth-order valence-electron chi connectivity index (χ4n) is 9.17. The van der Waals surface area contributed by atoms with E-state index < -0.39 is 7.14 Å². The normalized spacial score (nSPS) is 11.8. The molecule has 0 N–H and O–H groups in total. The van der Waals surface area contributed by atoms with Crippen LogP contribution < -0.4 is 5.30 Å². The van der Waals surface area contributed by atoms with Gasteiger partial charge < -0.3 is 4.57 Å². The summed E-state index contributed by atoms with van der Waals surface area (Å²) in [5, 5.41) is 10.2. The molecular weight excluding hydrogens is 774 g/mol. The van der Waals surface area contributed by atoms with Gasteiger partial charge in [-0.15, -0.1) is 0 Å². The van der Waals surface area contributed by atoms with Crippen LogP contribution in [0, 0.1) is 0 Å². The second-order valence-corrected chi connectivity index (χ2v) is 19.4. The molecule has 0 atom stereocenters. The van der Waals surface area contributed by atoms with Crippen molar-refractivity contribution in [2.45, 2.75) is 0 Å². The van der Waals surface area contributed by atoms with Crippen LogP contribution in [-0.4, -0.2) is 28.3 Å². The first kappa shape index (κ1) is 37.5. The predicted octanol–water partition coefficient (Wildman–Crippen LogP) is 14.7. The first-order valence-corrected chi connectivity index (χ1v) is 23.5. The van der Waals surface area contributed by atoms with Crippen molar-refractivity contribution in [3.63, 3.8) is 0 Å². The van der Waals surface area contributed by atoms with Gasteiger partial charge in [-0.3, -0.25) is 0 Å². The Morgan fingerprint density at radius 3 is 0.968 bits per heavy atom. The highest BCUT2D eigenvalue weighted by molar-refractivity contribution is 7.70. The van der Waals surface area contributed by atoms with E-state index in [4.69, 9.17) is 15.0 Å². The van der Waals surface area contributed by atoms with Gasteiger partial charge in [-0.1, -0.05) is 194 Å². The van der Waals surface area contributed by atoms with Crippen molar-refractivity contribution in [1.82, 2.24) is 15.0 Å². The molecule has 1 aromatic heterocycles. The predicted molar refractivity (Wildman–Crippen MR) is 262 cm³/mol. The van der Waals surface area contributed by atoms with Gasteiger partial charge in [0.05, 0.1) is 0 Å². The van der Waals surface area contributed by atoms with Crippen LogP contribution in [-0.2, 0) is 4.57 Å². The second kappa shape index (κ2) is 15.2. The van der Waals surface area contributed by atoms with E-state index in [-0.39, 0.29) is 0 Å². The van der Waals surface area contributed by atoms with E-state index in [0.717, 1.165) is 65.8 Å². The van der Waals surface area contributed by atoms with Crippen molar-refractivity contribution in [1.29, 1.82) is 0 Å². The zero-order valence-electron chi connectivity index (χ0n) is 34.3. The van der Waals surface area contributed by atoms with Crippen molar-refractivity contribution in [2.75, 3.05) is 13.3 Å². The van der Waals surface area contributed by atoms with Crippen LogP contribution in [0.2, 0.25) is 0 Å². The van der Waals surface area contributed by atoms with E-state index in [0.29, 0.717) is 17.5 Å². The van der Waals surface area contributed by atoms with Crippen molar-refractivity contribution in [2.24, 2.45) is 0 Å². The largest absolute Gasteiger partial charge is 0.319 e. The summed E-state index contributed by atoms with van der Waals surface area (Å²) in [6.45, 7) is 3.69. The maximum absolute atomic E-state index is 13.4. The molecule has 0 radical (unpaired) electrons. The Morgan fingerprint density at radius 1 is 0.290 bits per heavy atom. The van der Waals surface area contributed by atoms with Gasteiger partial charge in [-0.25, -0.2) is 15.0 Å². The summed E-state index contributed by atoms with van der Waals surface area (Å²) >= 11 is 0. The molecular formula is C57H40N3OP. The molecule has 0 aliphatic carbocycles. The van der Waals surface area contributed by atoms with Gasteiger partial charge in [0.1, 0.15) is 7.14 Å². The number of rotatable bonds is 7. The molecule has 0 saturated carbocycles. The summed E-state index contributed by atoms with van der Waals surface area (Å²) in [7, 11) is -2.49. The molecule has 4 nitrogen and oxygen atoms in total. The molecule has 11 aromatic rings. The highest BCUT2D eigenvalue weighted by Crippen LogP contribution is 2.50. The van der Waals surface area contributed by atoms with Crippen LogP contribution in [0.4, 0.5) is 0 Å². The lowest BCUT2D eigenvalue weighted by atomic mass is 9.81. The molecule has 11 rings (SSSR count). The fourth-order valence-corrected chi connectivity index (χ4v) is 10.1. The van der Waals surface area contributed by atoms with E-state index in [2.05, 4.69) is 133 Å². The Labute approximate surface area is 360 Å². The minimum absolute atomic E-state index is 0.619. The third-order valence-electron chi connectivity index (χ3n) is 12.0. The topological polar surface area (TPSA) is 55.7 Å². The Hall–Kier alpha value is -7.52. The minimum Gasteiger partial charge on any atom is -0.319 e. The SMILES string of the molecule is CP(C)(=O)c1cccc(-c2c3ccccc3c(-c3c4ccccc4c(-c4cccc(-c5nc(-c6ccccc6)nc(-c6ccccc6)n5)c4)c4ccccc34)c3ccccc23)c1. The molecule has 0 aliphatic heterocycles. The maximum Gasteiger partial charge on any atom is 0.164 e. The first-order valence-electron chi connectivity index (χ1n) is 20.9. The van der Waals surface area contributed by atoms with Crippen molar-refractivity contribution < 1.29 is 4.57 Å². The van der Waals surface area contributed by atoms with Gasteiger partial charge in [0.25, 0.3) is 0 Å². The molecule has 62 heavy (non-hydrogen) atoms. The molecule has 0 unspecified atom stereocenters. The lowest BCUT2D eigenvalue weighted by molar-refractivity contribution is 0.588. The molecule has 1 heterocycles. The van der Waals surface area contributed by atoms with Crippen LogP contribution >= 0.6 is 7.14 Å². The number of hydrogen-bond acceptors (Lipinski definition) is 4. The standard InChI is InChI=1S/C57H40N3OP/c1-62(2,61)42-26-18-24-40(36-42)52-45-29-11-15-33-49(45)54(50-34-16-12-30-46(50)52)53-47-31-13-9-27-43(47)51(44-28-10-14-32-48(44)53)39-23-17-25-41(35-39)57-59-55(37-19-5-3-6-20-37)58-56(60-57)38-21-7-4-8-22-38/h3-36H,1-2H3. The molecule has 294 valence electrons. The van der Waals surface area contributed by atoms with Crippen molar-refractivity contribution >= 4 is 55.5 Å². The summed E-state index contributed by atoms with van der Waals surface area (Å²) in [5.74, 6) is 1.89. The van der Waals surface area contributed by atoms with Gasteiger partial charge in [0.2, 0.25) is 0 Å². The minimum atomic E-state index is -2.49. The number of fused-ring (bicyclic) bond motifs is 4. The average Bonchev–Trinajstić information content (AvgIpc) is 3.33. The molecule has 0 fully saturated rings. The molecule has 0 spiro atoms. The average molecular weight is 814 g/mol. The Balaban J connectivity index is 1.17. The van der Waals surface area contributed by atoms with E-state index in [1.165, 1.54) is 32.7 Å². The maximum atomic E-state index is 13.4. The zero-order chi connectivity index (χ0) is 41.8. The lowest BCUT2D eigenvalue weighted by Crippen LogP contribution is -2.02. The molecule has 5 heteroatoms. The van der Waals surface area contributed by atoms with Crippen molar-refractivity contribution in [3.05, 3.63) is 206 Å². The van der Waals surface area contributed by atoms with E-state index in [1.54, 1.807) is 0 Å². The summed E-state index contributed by atoms with van der Waals surface area (Å²) in [6.07, 6.45) is 0. The molecule has 10 aromatic carbocycles. The number of aromatic nitrogens is 3. The molecule has 0 aliphatic rings. The van der Waals surface area contributed by atoms with Crippen LogP contribution in [0.25, 0.3) is 111 Å².